The summed E-state index contributed by atoms with van der Waals surface area (Å²) in [5.74, 6) is -1.72. The fourth-order valence-corrected chi connectivity index (χ4v) is 2.44. The highest BCUT2D eigenvalue weighted by Crippen LogP contribution is 2.32. The molecule has 0 aliphatic carbocycles. The minimum atomic E-state index is -1.67. The number of rotatable bonds is 1. The van der Waals surface area contributed by atoms with Crippen LogP contribution in [0.4, 0.5) is 0 Å². The molecule has 3 heterocycles. The lowest BCUT2D eigenvalue weighted by molar-refractivity contribution is -0.140. The number of hydrogen-bond donors (Lipinski definition) is 1. The maximum Gasteiger partial charge on any atom is 0.276 e. The molecule has 1 unspecified atom stereocenters. The van der Waals surface area contributed by atoms with Gasteiger partial charge in [-0.3, -0.25) is 24.7 Å². The second-order valence-electron chi connectivity index (χ2n) is 4.59. The van der Waals surface area contributed by atoms with Gasteiger partial charge < -0.3 is 4.90 Å². The van der Waals surface area contributed by atoms with Crippen LogP contribution in [0.2, 0.25) is 0 Å². The Balaban J connectivity index is 0.000000847. The van der Waals surface area contributed by atoms with E-state index in [0.29, 0.717) is 5.69 Å². The lowest BCUT2D eigenvalue weighted by Gasteiger charge is -2.36. The first-order valence-corrected chi connectivity index (χ1v) is 6.96. The molecule has 2 aliphatic rings. The van der Waals surface area contributed by atoms with Gasteiger partial charge in [-0.1, -0.05) is 13.8 Å². The number of carbonyl (C=O) groups is 3. The highest BCUT2D eigenvalue weighted by Gasteiger charge is 2.53. The highest BCUT2D eigenvalue weighted by atomic mass is 16.2. The zero-order valence-corrected chi connectivity index (χ0v) is 12.3. The second-order valence-corrected chi connectivity index (χ2v) is 4.59. The van der Waals surface area contributed by atoms with Gasteiger partial charge in [0.15, 0.2) is 5.69 Å². The van der Waals surface area contributed by atoms with Gasteiger partial charge >= 0.3 is 0 Å². The Kier molecular flexibility index (Phi) is 4.17. The Bertz CT molecular complexity index is 681. The number of carbonyl (C=O) groups excluding carboxylic acids is 3. The number of piperidine rings is 1. The van der Waals surface area contributed by atoms with Crippen LogP contribution < -0.4 is 5.32 Å². The van der Waals surface area contributed by atoms with Crippen LogP contribution in [0.15, 0.2) is 12.4 Å². The molecule has 8 nitrogen and oxygen atoms in total. The van der Waals surface area contributed by atoms with Gasteiger partial charge in [-0.25, -0.2) is 4.98 Å². The fourth-order valence-electron chi connectivity index (χ4n) is 2.44. The van der Waals surface area contributed by atoms with Crippen LogP contribution in [-0.2, 0) is 16.1 Å². The van der Waals surface area contributed by atoms with Crippen LogP contribution in [0, 0.1) is 11.3 Å². The van der Waals surface area contributed by atoms with E-state index in [-0.39, 0.29) is 25.1 Å². The zero-order chi connectivity index (χ0) is 16.3. The monoisotopic (exact) mass is 301 g/mol. The molecule has 0 spiro atoms. The van der Waals surface area contributed by atoms with Crippen molar-refractivity contribution in [3.63, 3.8) is 0 Å². The molecular weight excluding hydrogens is 286 g/mol. The second kappa shape index (κ2) is 5.89. The van der Waals surface area contributed by atoms with Crippen LogP contribution >= 0.6 is 0 Å². The molecule has 2 aliphatic heterocycles. The number of fused-ring (bicyclic) bond motifs is 1. The van der Waals surface area contributed by atoms with Crippen LogP contribution in [0.1, 0.15) is 42.9 Å². The van der Waals surface area contributed by atoms with Crippen molar-refractivity contribution in [2.24, 2.45) is 0 Å². The highest BCUT2D eigenvalue weighted by molar-refractivity contribution is 6.08. The summed E-state index contributed by atoms with van der Waals surface area (Å²) in [5, 5.41) is 11.5. The number of nitrogens with zero attached hydrogens (tertiary/aromatic N) is 4. The van der Waals surface area contributed by atoms with Crippen LogP contribution in [0.3, 0.4) is 0 Å². The number of imide groups is 1. The van der Waals surface area contributed by atoms with Crippen molar-refractivity contribution in [2.75, 3.05) is 0 Å². The van der Waals surface area contributed by atoms with E-state index in [1.54, 1.807) is 0 Å². The largest absolute Gasteiger partial charge is 0.305 e. The predicted molar refractivity (Wildman–Crippen MR) is 74.0 cm³/mol. The van der Waals surface area contributed by atoms with E-state index in [1.807, 2.05) is 19.9 Å². The maximum atomic E-state index is 12.3. The quantitative estimate of drug-likeness (QED) is 0.738. The topological polar surface area (TPSA) is 116 Å². The van der Waals surface area contributed by atoms with Crippen LogP contribution in [0.25, 0.3) is 0 Å². The van der Waals surface area contributed by atoms with E-state index in [0.717, 1.165) is 4.90 Å². The van der Waals surface area contributed by atoms with Gasteiger partial charge in [0.1, 0.15) is 6.07 Å². The van der Waals surface area contributed by atoms with Gasteiger partial charge in [-0.2, -0.15) is 5.26 Å². The van der Waals surface area contributed by atoms with Gasteiger partial charge in [0.05, 0.1) is 12.2 Å². The minimum absolute atomic E-state index is 0.0142. The smallest absolute Gasteiger partial charge is 0.276 e. The number of aromatic nitrogens is 2. The summed E-state index contributed by atoms with van der Waals surface area (Å²) in [5.41, 5.74) is -1.10. The summed E-state index contributed by atoms with van der Waals surface area (Å²) in [6.07, 6.45) is 2.82. The predicted octanol–water partition coefficient (Wildman–Crippen LogP) is 0.158. The van der Waals surface area contributed by atoms with Gasteiger partial charge in [0.2, 0.25) is 11.4 Å². The number of amides is 3. The first-order valence-electron chi connectivity index (χ1n) is 6.96. The summed E-state index contributed by atoms with van der Waals surface area (Å²) in [4.78, 5) is 44.7. The molecule has 1 saturated heterocycles. The molecule has 3 amide bonds. The number of nitriles is 1. The molecule has 114 valence electrons. The van der Waals surface area contributed by atoms with Crippen molar-refractivity contribution in [1.82, 2.24) is 20.2 Å². The van der Waals surface area contributed by atoms with Gasteiger partial charge in [0.25, 0.3) is 11.8 Å². The molecule has 22 heavy (non-hydrogen) atoms. The molecule has 1 aromatic heterocycles. The molecule has 0 radical (unpaired) electrons. The zero-order valence-electron chi connectivity index (χ0n) is 12.3. The molecule has 1 atom stereocenters. The maximum absolute atomic E-state index is 12.3. The minimum Gasteiger partial charge on any atom is -0.305 e. The molecular formula is C14H15N5O3. The first-order chi connectivity index (χ1) is 10.6. The standard InChI is InChI=1S/C12H9N5O3.C2H6/c13-6-12(2-1-8(18)16-11(12)20)17-5-7-9(10(17)19)15-4-3-14-7;1-2/h3-4H,1-2,5H2,(H,16,18,20);1-2H3. The van der Waals surface area contributed by atoms with Gasteiger partial charge in [-0.05, 0) is 0 Å². The molecule has 1 aromatic rings. The average molecular weight is 301 g/mol. The third-order valence-corrected chi connectivity index (χ3v) is 3.52. The fraction of sp³-hybridized carbons (Fsp3) is 0.429. The summed E-state index contributed by atoms with van der Waals surface area (Å²) in [6, 6.07) is 1.88. The lowest BCUT2D eigenvalue weighted by atomic mass is 9.88. The van der Waals surface area contributed by atoms with Crippen LogP contribution in [0.5, 0.6) is 0 Å². The Hall–Kier alpha value is -2.82. The van der Waals surface area contributed by atoms with E-state index < -0.39 is 23.3 Å². The van der Waals surface area contributed by atoms with E-state index in [1.165, 1.54) is 12.4 Å². The SMILES string of the molecule is CC.N#CC1(N2Cc3nccnc3C2=O)CCC(=O)NC1=O. The Morgan fingerprint density at radius 1 is 1.27 bits per heavy atom. The molecule has 8 heteroatoms. The molecule has 0 saturated carbocycles. The van der Waals surface area contributed by atoms with E-state index in [9.17, 15) is 19.6 Å². The number of hydrogen-bond acceptors (Lipinski definition) is 6. The molecule has 1 fully saturated rings. The third kappa shape index (κ3) is 2.20. The van der Waals surface area contributed by atoms with E-state index >= 15 is 0 Å². The Morgan fingerprint density at radius 2 is 1.95 bits per heavy atom. The lowest BCUT2D eigenvalue weighted by Crippen LogP contribution is -2.62. The Labute approximate surface area is 127 Å². The van der Waals surface area contributed by atoms with Crippen molar-refractivity contribution in [3.05, 3.63) is 23.8 Å². The van der Waals surface area contributed by atoms with Gasteiger partial charge in [0, 0.05) is 25.2 Å². The first kappa shape index (κ1) is 15.6. The van der Waals surface area contributed by atoms with Crippen molar-refractivity contribution in [2.45, 2.75) is 38.8 Å². The summed E-state index contributed by atoms with van der Waals surface area (Å²) >= 11 is 0. The Morgan fingerprint density at radius 3 is 2.55 bits per heavy atom. The van der Waals surface area contributed by atoms with E-state index in [4.69, 9.17) is 0 Å². The van der Waals surface area contributed by atoms with Crippen LogP contribution in [-0.4, -0.2) is 38.1 Å². The molecule has 1 N–H and O–H groups in total. The molecule has 0 aromatic carbocycles. The summed E-state index contributed by atoms with van der Waals surface area (Å²) in [6.45, 7) is 4.04. The van der Waals surface area contributed by atoms with Crippen molar-refractivity contribution >= 4 is 17.7 Å². The van der Waals surface area contributed by atoms with Crippen molar-refractivity contribution in [3.8, 4) is 6.07 Å². The summed E-state index contributed by atoms with van der Waals surface area (Å²) < 4.78 is 0. The summed E-state index contributed by atoms with van der Waals surface area (Å²) in [7, 11) is 0. The normalized spacial score (nSPS) is 23.1. The third-order valence-electron chi connectivity index (χ3n) is 3.52. The molecule has 3 rings (SSSR count). The van der Waals surface area contributed by atoms with Crippen molar-refractivity contribution in [1.29, 1.82) is 5.26 Å². The molecule has 0 bridgehead atoms. The average Bonchev–Trinajstić information content (AvgIpc) is 2.88. The number of nitrogens with one attached hydrogen (secondary N) is 1. The van der Waals surface area contributed by atoms with E-state index in [2.05, 4.69) is 15.3 Å². The van der Waals surface area contributed by atoms with Gasteiger partial charge in [-0.15, -0.1) is 0 Å². The van der Waals surface area contributed by atoms with Crippen molar-refractivity contribution < 1.29 is 14.4 Å².